The maximum Gasteiger partial charge on any atom is 0.244 e. The fraction of sp³-hybridized carbons (Fsp3) is 0.286. The number of carbonyl (C=O) groups is 1. The number of halogens is 2. The summed E-state index contributed by atoms with van der Waals surface area (Å²) in [5, 5.41) is 3.89. The van der Waals surface area contributed by atoms with Crippen LogP contribution in [0.5, 0.6) is 0 Å². The van der Waals surface area contributed by atoms with E-state index >= 15 is 0 Å². The molecule has 0 bridgehead atoms. The zero-order chi connectivity index (χ0) is 12.6. The Morgan fingerprint density at radius 3 is 2.65 bits per heavy atom. The standard InChI is InChI=1S/C14H15N3O.2ClH/c15-14(6-2-7-14)13(18)17-11-4-5-12-10(9-11)3-1-8-16-12;;/h1,3-5,8-9H,2,6-7,15H2,(H,17,18);2*1H. The number of carbonyl (C=O) groups excluding carboxylic acids is 1. The van der Waals surface area contributed by atoms with Crippen LogP contribution in [0.15, 0.2) is 36.5 Å². The Morgan fingerprint density at radius 2 is 2.00 bits per heavy atom. The first-order valence-electron chi connectivity index (χ1n) is 6.13. The first kappa shape index (κ1) is 16.7. The average molecular weight is 314 g/mol. The number of nitrogens with zero attached hydrogens (tertiary/aromatic N) is 1. The molecule has 1 saturated carbocycles. The molecule has 0 unspecified atom stereocenters. The third-order valence-corrected chi connectivity index (χ3v) is 3.56. The van der Waals surface area contributed by atoms with Gasteiger partial charge in [0.15, 0.2) is 0 Å². The second kappa shape index (κ2) is 6.39. The van der Waals surface area contributed by atoms with E-state index < -0.39 is 5.54 Å². The van der Waals surface area contributed by atoms with Gasteiger partial charge in [0.05, 0.1) is 11.1 Å². The van der Waals surface area contributed by atoms with E-state index in [0.29, 0.717) is 0 Å². The Labute approximate surface area is 130 Å². The molecule has 1 aliphatic rings. The number of rotatable bonds is 2. The number of benzene rings is 1. The molecule has 3 N–H and O–H groups in total. The molecule has 1 aliphatic carbocycles. The number of amides is 1. The van der Waals surface area contributed by atoms with Gasteiger partial charge in [-0.1, -0.05) is 6.07 Å². The van der Waals surface area contributed by atoms with Crippen molar-refractivity contribution < 1.29 is 4.79 Å². The van der Waals surface area contributed by atoms with E-state index in [1.54, 1.807) is 6.20 Å². The average Bonchev–Trinajstić information content (AvgIpc) is 2.35. The number of hydrogen-bond donors (Lipinski definition) is 2. The molecule has 1 aromatic heterocycles. The highest BCUT2D eigenvalue weighted by Crippen LogP contribution is 2.30. The molecule has 0 radical (unpaired) electrons. The van der Waals surface area contributed by atoms with Crippen LogP contribution in [0.1, 0.15) is 19.3 Å². The zero-order valence-corrected chi connectivity index (χ0v) is 12.5. The molecule has 0 atom stereocenters. The summed E-state index contributed by atoms with van der Waals surface area (Å²) >= 11 is 0. The van der Waals surface area contributed by atoms with Crippen LogP contribution < -0.4 is 11.1 Å². The van der Waals surface area contributed by atoms with Gasteiger partial charge in [-0.3, -0.25) is 9.78 Å². The van der Waals surface area contributed by atoms with E-state index in [1.807, 2.05) is 30.3 Å². The Morgan fingerprint density at radius 1 is 1.25 bits per heavy atom. The number of nitrogens with one attached hydrogen (secondary N) is 1. The normalized spacial score (nSPS) is 15.4. The van der Waals surface area contributed by atoms with Gasteiger partial charge in [0.25, 0.3) is 0 Å². The first-order chi connectivity index (χ1) is 8.67. The summed E-state index contributed by atoms with van der Waals surface area (Å²) in [5.41, 5.74) is 7.01. The maximum absolute atomic E-state index is 12.0. The van der Waals surface area contributed by atoms with Crippen LogP contribution in [0.3, 0.4) is 0 Å². The summed E-state index contributed by atoms with van der Waals surface area (Å²) in [6, 6.07) is 9.52. The van der Waals surface area contributed by atoms with Crippen molar-refractivity contribution in [3.8, 4) is 0 Å². The minimum atomic E-state index is -0.663. The summed E-state index contributed by atoms with van der Waals surface area (Å²) in [6.45, 7) is 0. The quantitative estimate of drug-likeness (QED) is 0.895. The molecule has 1 aromatic carbocycles. The molecule has 1 amide bonds. The van der Waals surface area contributed by atoms with Gasteiger partial charge in [0, 0.05) is 17.3 Å². The fourth-order valence-electron chi connectivity index (χ4n) is 2.19. The summed E-state index contributed by atoms with van der Waals surface area (Å²) in [4.78, 5) is 16.2. The predicted molar refractivity (Wildman–Crippen MR) is 85.6 cm³/mol. The predicted octanol–water partition coefficient (Wildman–Crippen LogP) is 2.90. The van der Waals surface area contributed by atoms with Crippen molar-refractivity contribution >= 4 is 47.3 Å². The Hall–Kier alpha value is -1.36. The van der Waals surface area contributed by atoms with E-state index in [1.165, 1.54) is 0 Å². The van der Waals surface area contributed by atoms with Crippen molar-refractivity contribution in [1.82, 2.24) is 4.98 Å². The van der Waals surface area contributed by atoms with Crippen LogP contribution in [-0.2, 0) is 4.79 Å². The summed E-state index contributed by atoms with van der Waals surface area (Å²) in [5.74, 6) is -0.0861. The van der Waals surface area contributed by atoms with Crippen molar-refractivity contribution in [3.63, 3.8) is 0 Å². The van der Waals surface area contributed by atoms with Crippen LogP contribution in [0.25, 0.3) is 10.9 Å². The summed E-state index contributed by atoms with van der Waals surface area (Å²) in [7, 11) is 0. The van der Waals surface area contributed by atoms with Crippen LogP contribution >= 0.6 is 24.8 Å². The molecular weight excluding hydrogens is 297 g/mol. The van der Waals surface area contributed by atoms with E-state index in [0.717, 1.165) is 35.9 Å². The smallest absolute Gasteiger partial charge is 0.244 e. The first-order valence-corrected chi connectivity index (χ1v) is 6.13. The van der Waals surface area contributed by atoms with E-state index in [-0.39, 0.29) is 30.7 Å². The zero-order valence-electron chi connectivity index (χ0n) is 10.8. The molecule has 4 nitrogen and oxygen atoms in total. The molecular formula is C14H17Cl2N3O. The van der Waals surface area contributed by atoms with Crippen LogP contribution in [0, 0.1) is 0 Å². The maximum atomic E-state index is 12.0. The lowest BCUT2D eigenvalue weighted by Crippen LogP contribution is -2.56. The molecule has 3 rings (SSSR count). The van der Waals surface area contributed by atoms with Crippen molar-refractivity contribution in [3.05, 3.63) is 36.5 Å². The Kier molecular flexibility index (Phi) is 5.34. The summed E-state index contributed by atoms with van der Waals surface area (Å²) < 4.78 is 0. The Balaban J connectivity index is 0.000001000. The minimum absolute atomic E-state index is 0. The van der Waals surface area contributed by atoms with Gasteiger partial charge in [0.1, 0.15) is 0 Å². The highest BCUT2D eigenvalue weighted by Gasteiger charge is 2.40. The second-order valence-corrected chi connectivity index (χ2v) is 4.87. The van der Waals surface area contributed by atoms with E-state index in [9.17, 15) is 4.79 Å². The molecule has 108 valence electrons. The number of hydrogen-bond acceptors (Lipinski definition) is 3. The molecule has 2 aromatic rings. The second-order valence-electron chi connectivity index (χ2n) is 4.87. The Bertz CT molecular complexity index is 614. The molecule has 1 heterocycles. The number of nitrogens with two attached hydrogens (primary N) is 1. The molecule has 0 saturated heterocycles. The van der Waals surface area contributed by atoms with Crippen molar-refractivity contribution in [2.45, 2.75) is 24.8 Å². The van der Waals surface area contributed by atoms with Crippen LogP contribution in [-0.4, -0.2) is 16.4 Å². The van der Waals surface area contributed by atoms with Crippen LogP contribution in [0.4, 0.5) is 5.69 Å². The van der Waals surface area contributed by atoms with Gasteiger partial charge < -0.3 is 11.1 Å². The monoisotopic (exact) mass is 313 g/mol. The molecule has 1 fully saturated rings. The van der Waals surface area contributed by atoms with Gasteiger partial charge in [-0.05, 0) is 43.5 Å². The van der Waals surface area contributed by atoms with Gasteiger partial charge in [-0.2, -0.15) is 0 Å². The highest BCUT2D eigenvalue weighted by atomic mass is 35.5. The highest BCUT2D eigenvalue weighted by molar-refractivity contribution is 5.99. The fourth-order valence-corrected chi connectivity index (χ4v) is 2.19. The van der Waals surface area contributed by atoms with Gasteiger partial charge in [-0.15, -0.1) is 24.8 Å². The minimum Gasteiger partial charge on any atom is -0.324 e. The lowest BCUT2D eigenvalue weighted by atomic mass is 9.77. The van der Waals surface area contributed by atoms with Gasteiger partial charge >= 0.3 is 0 Å². The molecule has 0 aliphatic heterocycles. The molecule has 6 heteroatoms. The topological polar surface area (TPSA) is 68.0 Å². The number of aromatic nitrogens is 1. The lowest BCUT2D eigenvalue weighted by molar-refractivity contribution is -0.123. The third-order valence-electron chi connectivity index (χ3n) is 3.56. The van der Waals surface area contributed by atoms with Crippen molar-refractivity contribution in [1.29, 1.82) is 0 Å². The third kappa shape index (κ3) is 3.03. The number of anilines is 1. The van der Waals surface area contributed by atoms with E-state index in [4.69, 9.17) is 5.73 Å². The summed E-state index contributed by atoms with van der Waals surface area (Å²) in [6.07, 6.45) is 4.33. The van der Waals surface area contributed by atoms with Crippen LogP contribution in [0.2, 0.25) is 0 Å². The molecule has 20 heavy (non-hydrogen) atoms. The number of fused-ring (bicyclic) bond motifs is 1. The molecule has 0 spiro atoms. The number of pyridine rings is 1. The van der Waals surface area contributed by atoms with Crippen molar-refractivity contribution in [2.24, 2.45) is 5.73 Å². The largest absolute Gasteiger partial charge is 0.324 e. The lowest BCUT2D eigenvalue weighted by Gasteiger charge is -2.36. The van der Waals surface area contributed by atoms with Gasteiger partial charge in [-0.25, -0.2) is 0 Å². The SMILES string of the molecule is Cl.Cl.NC1(C(=O)Nc2ccc3ncccc3c2)CCC1. The van der Waals surface area contributed by atoms with Gasteiger partial charge in [0.2, 0.25) is 5.91 Å². The van der Waals surface area contributed by atoms with Crippen molar-refractivity contribution in [2.75, 3.05) is 5.32 Å². The van der Waals surface area contributed by atoms with E-state index in [2.05, 4.69) is 10.3 Å².